The highest BCUT2D eigenvalue weighted by Gasteiger charge is 2.25. The van der Waals surface area contributed by atoms with Gasteiger partial charge in [-0.3, -0.25) is 0 Å². The molecule has 0 bridgehead atoms. The van der Waals surface area contributed by atoms with E-state index in [0.29, 0.717) is 23.5 Å². The number of hydrogen-bond acceptors (Lipinski definition) is 4. The molecule has 0 saturated carbocycles. The van der Waals surface area contributed by atoms with Crippen molar-refractivity contribution in [2.45, 2.75) is 6.42 Å². The number of esters is 1. The molecule has 0 atom stereocenters. The molecule has 0 unspecified atom stereocenters. The van der Waals surface area contributed by atoms with Gasteiger partial charge in [-0.05, 0) is 42.3 Å². The molecular weight excluding hydrogens is 271 g/mol. The molecule has 5 heteroatoms. The van der Waals surface area contributed by atoms with E-state index in [4.69, 9.17) is 10.5 Å². The lowest BCUT2D eigenvalue weighted by atomic mass is 10.1. The highest BCUT2D eigenvalue weighted by atomic mass is 19.1. The maximum absolute atomic E-state index is 13.5. The number of nitrogen functional groups attached to an aromatic ring is 1. The molecule has 21 heavy (non-hydrogen) atoms. The lowest BCUT2D eigenvalue weighted by Crippen LogP contribution is -2.18. The molecule has 2 aromatic rings. The number of fused-ring (bicyclic) bond motifs is 1. The first-order chi connectivity index (χ1) is 10.1. The second kappa shape index (κ2) is 5.09. The molecule has 2 aromatic carbocycles. The van der Waals surface area contributed by atoms with Gasteiger partial charge in [0.1, 0.15) is 5.82 Å². The number of nitrogens with zero attached hydrogens (tertiary/aromatic N) is 1. The number of carbonyl (C=O) groups is 1. The SMILES string of the molecule is COC(=O)c1cc(N)ccc1N1CCc2ccc(F)cc21. The first-order valence-corrected chi connectivity index (χ1v) is 6.64. The molecule has 0 saturated heterocycles. The molecule has 4 nitrogen and oxygen atoms in total. The van der Waals surface area contributed by atoms with Crippen molar-refractivity contribution in [3.8, 4) is 0 Å². The van der Waals surface area contributed by atoms with Crippen LogP contribution in [0.4, 0.5) is 21.5 Å². The molecule has 108 valence electrons. The number of anilines is 3. The summed E-state index contributed by atoms with van der Waals surface area (Å²) in [6.07, 6.45) is 0.806. The van der Waals surface area contributed by atoms with Crippen LogP contribution in [0.5, 0.6) is 0 Å². The molecule has 0 amide bonds. The predicted octanol–water partition coefficient (Wildman–Crippen LogP) is 2.89. The van der Waals surface area contributed by atoms with Crippen molar-refractivity contribution in [1.29, 1.82) is 0 Å². The van der Waals surface area contributed by atoms with E-state index in [2.05, 4.69) is 0 Å². The van der Waals surface area contributed by atoms with Crippen molar-refractivity contribution in [2.75, 3.05) is 24.3 Å². The second-order valence-electron chi connectivity index (χ2n) is 4.94. The first kappa shape index (κ1) is 13.4. The molecule has 0 aliphatic carbocycles. The van der Waals surface area contributed by atoms with Crippen LogP contribution in [0.25, 0.3) is 0 Å². The van der Waals surface area contributed by atoms with Crippen LogP contribution in [-0.4, -0.2) is 19.6 Å². The van der Waals surface area contributed by atoms with E-state index in [1.807, 2.05) is 4.90 Å². The number of benzene rings is 2. The van der Waals surface area contributed by atoms with E-state index >= 15 is 0 Å². The lowest BCUT2D eigenvalue weighted by Gasteiger charge is -2.22. The molecule has 0 radical (unpaired) electrons. The van der Waals surface area contributed by atoms with Crippen LogP contribution < -0.4 is 10.6 Å². The van der Waals surface area contributed by atoms with Crippen molar-refractivity contribution >= 4 is 23.0 Å². The summed E-state index contributed by atoms with van der Waals surface area (Å²) >= 11 is 0. The van der Waals surface area contributed by atoms with Gasteiger partial charge < -0.3 is 15.4 Å². The zero-order valence-electron chi connectivity index (χ0n) is 11.6. The standard InChI is InChI=1S/C16H15FN2O2/c1-21-16(20)13-9-12(18)4-5-14(13)19-7-6-10-2-3-11(17)8-15(10)19/h2-5,8-9H,6-7,18H2,1H3. The van der Waals surface area contributed by atoms with Gasteiger partial charge in [-0.15, -0.1) is 0 Å². The number of carbonyl (C=O) groups excluding carboxylic acids is 1. The fourth-order valence-corrected chi connectivity index (χ4v) is 2.67. The summed E-state index contributed by atoms with van der Waals surface area (Å²) in [5.74, 6) is -0.752. The smallest absolute Gasteiger partial charge is 0.340 e. The number of methoxy groups -OCH3 is 1. The first-order valence-electron chi connectivity index (χ1n) is 6.64. The third kappa shape index (κ3) is 2.31. The molecule has 0 aromatic heterocycles. The van der Waals surface area contributed by atoms with E-state index in [9.17, 15) is 9.18 Å². The molecule has 1 heterocycles. The Bertz CT molecular complexity index is 715. The predicted molar refractivity (Wildman–Crippen MR) is 79.3 cm³/mol. The van der Waals surface area contributed by atoms with Gasteiger partial charge in [0.2, 0.25) is 0 Å². The maximum atomic E-state index is 13.5. The zero-order chi connectivity index (χ0) is 15.0. The highest BCUT2D eigenvalue weighted by molar-refractivity contribution is 5.98. The van der Waals surface area contributed by atoms with Gasteiger partial charge in [-0.1, -0.05) is 6.07 Å². The Morgan fingerprint density at radius 1 is 1.24 bits per heavy atom. The van der Waals surface area contributed by atoms with Crippen LogP contribution in [0.15, 0.2) is 36.4 Å². The van der Waals surface area contributed by atoms with Crippen LogP contribution in [0, 0.1) is 5.82 Å². The Kier molecular flexibility index (Phi) is 3.25. The van der Waals surface area contributed by atoms with Gasteiger partial charge in [0, 0.05) is 17.9 Å². The van der Waals surface area contributed by atoms with E-state index < -0.39 is 5.97 Å². The number of hydrogen-bond donors (Lipinski definition) is 1. The largest absolute Gasteiger partial charge is 0.465 e. The van der Waals surface area contributed by atoms with Gasteiger partial charge in [-0.25, -0.2) is 9.18 Å². The summed E-state index contributed by atoms with van der Waals surface area (Å²) in [4.78, 5) is 13.9. The van der Waals surface area contributed by atoms with Crippen LogP contribution in [0.2, 0.25) is 0 Å². The van der Waals surface area contributed by atoms with Gasteiger partial charge in [0.05, 0.1) is 18.4 Å². The second-order valence-corrected chi connectivity index (χ2v) is 4.94. The fraction of sp³-hybridized carbons (Fsp3) is 0.188. The molecular formula is C16H15FN2O2. The fourth-order valence-electron chi connectivity index (χ4n) is 2.67. The minimum Gasteiger partial charge on any atom is -0.465 e. The molecule has 2 N–H and O–H groups in total. The van der Waals surface area contributed by atoms with Crippen molar-refractivity contribution in [1.82, 2.24) is 0 Å². The average Bonchev–Trinajstić information content (AvgIpc) is 2.89. The summed E-state index contributed by atoms with van der Waals surface area (Å²) < 4.78 is 18.3. The summed E-state index contributed by atoms with van der Waals surface area (Å²) in [7, 11) is 1.33. The van der Waals surface area contributed by atoms with E-state index in [-0.39, 0.29) is 5.82 Å². The Balaban J connectivity index is 2.11. The maximum Gasteiger partial charge on any atom is 0.340 e. The van der Waals surface area contributed by atoms with Gasteiger partial charge in [0.15, 0.2) is 0 Å². The molecule has 3 rings (SSSR count). The van der Waals surface area contributed by atoms with Gasteiger partial charge in [-0.2, -0.15) is 0 Å². The highest BCUT2D eigenvalue weighted by Crippen LogP contribution is 2.37. The molecule has 0 fully saturated rings. The number of rotatable bonds is 2. The Morgan fingerprint density at radius 2 is 2.05 bits per heavy atom. The number of halogens is 1. The molecule has 1 aliphatic heterocycles. The Hall–Kier alpha value is -2.56. The zero-order valence-corrected chi connectivity index (χ0v) is 11.6. The van der Waals surface area contributed by atoms with Crippen molar-refractivity contribution in [2.24, 2.45) is 0 Å². The number of nitrogens with two attached hydrogens (primary N) is 1. The van der Waals surface area contributed by atoms with Crippen LogP contribution in [0.1, 0.15) is 15.9 Å². The van der Waals surface area contributed by atoms with Gasteiger partial charge >= 0.3 is 5.97 Å². The van der Waals surface area contributed by atoms with Crippen molar-refractivity contribution < 1.29 is 13.9 Å². The van der Waals surface area contributed by atoms with E-state index in [1.54, 1.807) is 24.3 Å². The Morgan fingerprint density at radius 3 is 2.81 bits per heavy atom. The van der Waals surface area contributed by atoms with Crippen LogP contribution >= 0.6 is 0 Å². The summed E-state index contributed by atoms with van der Waals surface area (Å²) in [5, 5.41) is 0. The average molecular weight is 286 g/mol. The van der Waals surface area contributed by atoms with E-state index in [0.717, 1.165) is 17.7 Å². The minimum absolute atomic E-state index is 0.296. The third-order valence-electron chi connectivity index (χ3n) is 3.66. The summed E-state index contributed by atoms with van der Waals surface area (Å²) in [5.41, 5.74) is 9.14. The quantitative estimate of drug-likeness (QED) is 0.681. The Labute approximate surface area is 121 Å². The minimum atomic E-state index is -0.456. The third-order valence-corrected chi connectivity index (χ3v) is 3.66. The van der Waals surface area contributed by atoms with Crippen LogP contribution in [-0.2, 0) is 11.2 Å². The number of ether oxygens (including phenoxy) is 1. The molecule has 0 spiro atoms. The lowest BCUT2D eigenvalue weighted by molar-refractivity contribution is 0.0601. The monoisotopic (exact) mass is 286 g/mol. The summed E-state index contributed by atoms with van der Waals surface area (Å²) in [6, 6.07) is 9.78. The normalized spacial score (nSPS) is 13.1. The van der Waals surface area contributed by atoms with Crippen molar-refractivity contribution in [3.05, 3.63) is 53.3 Å². The van der Waals surface area contributed by atoms with Crippen LogP contribution in [0.3, 0.4) is 0 Å². The van der Waals surface area contributed by atoms with Gasteiger partial charge in [0.25, 0.3) is 0 Å². The molecule has 1 aliphatic rings. The topological polar surface area (TPSA) is 55.6 Å². The summed E-state index contributed by atoms with van der Waals surface area (Å²) in [6.45, 7) is 0.687. The van der Waals surface area contributed by atoms with Crippen molar-refractivity contribution in [3.63, 3.8) is 0 Å². The van der Waals surface area contributed by atoms with E-state index in [1.165, 1.54) is 19.2 Å².